The van der Waals surface area contributed by atoms with Crippen LogP contribution in [0.3, 0.4) is 0 Å². The molecule has 0 aliphatic rings. The van der Waals surface area contributed by atoms with E-state index in [1.165, 1.54) is 4.90 Å². The molecule has 0 N–H and O–H groups in total. The van der Waals surface area contributed by atoms with Gasteiger partial charge in [0.15, 0.2) is 6.61 Å². The van der Waals surface area contributed by atoms with Gasteiger partial charge in [0, 0.05) is 13.1 Å². The summed E-state index contributed by atoms with van der Waals surface area (Å²) in [6, 6.07) is 11.0. The molecule has 0 atom stereocenters. The first-order chi connectivity index (χ1) is 10.7. The maximum atomic E-state index is 12.1. The number of carbonyl (C=O) groups is 1. The largest absolute Gasteiger partial charge is 0.494 e. The number of rotatable bonds is 9. The van der Waals surface area contributed by atoms with E-state index in [9.17, 15) is 4.79 Å². The molecule has 1 amide bonds. The van der Waals surface area contributed by atoms with Crippen LogP contribution in [0, 0.1) is 22.7 Å². The molecule has 6 nitrogen and oxygen atoms in total. The van der Waals surface area contributed by atoms with Crippen LogP contribution in [0.15, 0.2) is 24.3 Å². The van der Waals surface area contributed by atoms with Crippen molar-refractivity contribution in [1.82, 2.24) is 4.90 Å². The Morgan fingerprint density at radius 3 is 2.00 bits per heavy atom. The Morgan fingerprint density at radius 1 is 1.05 bits per heavy atom. The number of amides is 1. The van der Waals surface area contributed by atoms with Crippen molar-refractivity contribution in [2.45, 2.75) is 19.8 Å². The van der Waals surface area contributed by atoms with E-state index < -0.39 is 0 Å². The van der Waals surface area contributed by atoms with Crippen LogP contribution in [0.4, 0.5) is 0 Å². The van der Waals surface area contributed by atoms with Gasteiger partial charge in [-0.05, 0) is 31.2 Å². The van der Waals surface area contributed by atoms with E-state index in [0.717, 1.165) is 5.75 Å². The highest BCUT2D eigenvalue weighted by molar-refractivity contribution is 5.77. The predicted octanol–water partition coefficient (Wildman–Crippen LogP) is 2.12. The number of carbonyl (C=O) groups excluding carboxylic acids is 1. The van der Waals surface area contributed by atoms with Crippen molar-refractivity contribution < 1.29 is 14.3 Å². The monoisotopic (exact) mass is 301 g/mol. The van der Waals surface area contributed by atoms with Crippen molar-refractivity contribution in [2.24, 2.45) is 0 Å². The van der Waals surface area contributed by atoms with Crippen LogP contribution in [0.25, 0.3) is 0 Å². The molecule has 6 heteroatoms. The van der Waals surface area contributed by atoms with E-state index in [2.05, 4.69) is 0 Å². The number of hydrogen-bond acceptors (Lipinski definition) is 5. The third kappa shape index (κ3) is 6.15. The van der Waals surface area contributed by atoms with Crippen molar-refractivity contribution in [3.05, 3.63) is 24.3 Å². The first kappa shape index (κ1) is 17.3. The second-order valence-electron chi connectivity index (χ2n) is 4.39. The summed E-state index contributed by atoms with van der Waals surface area (Å²) >= 11 is 0. The minimum atomic E-state index is -0.237. The highest BCUT2D eigenvalue weighted by atomic mass is 16.5. The van der Waals surface area contributed by atoms with Crippen LogP contribution in [-0.2, 0) is 4.79 Å². The molecule has 0 radical (unpaired) electrons. The number of nitriles is 2. The second-order valence-corrected chi connectivity index (χ2v) is 4.39. The van der Waals surface area contributed by atoms with Crippen LogP contribution in [0.1, 0.15) is 19.8 Å². The van der Waals surface area contributed by atoms with Gasteiger partial charge >= 0.3 is 0 Å². The summed E-state index contributed by atoms with van der Waals surface area (Å²) < 4.78 is 10.8. The van der Waals surface area contributed by atoms with Gasteiger partial charge in [-0.15, -0.1) is 0 Å². The molecule has 0 unspecified atom stereocenters. The smallest absolute Gasteiger partial charge is 0.260 e. The molecule has 0 bridgehead atoms. The third-order valence-corrected chi connectivity index (χ3v) is 2.84. The fraction of sp³-hybridized carbons (Fsp3) is 0.438. The highest BCUT2D eigenvalue weighted by Crippen LogP contribution is 2.17. The van der Waals surface area contributed by atoms with Crippen LogP contribution in [0.5, 0.6) is 11.5 Å². The molecular weight excluding hydrogens is 282 g/mol. The molecule has 0 fully saturated rings. The molecule has 0 saturated heterocycles. The Balaban J connectivity index is 2.50. The molecule has 0 spiro atoms. The lowest BCUT2D eigenvalue weighted by molar-refractivity contribution is -0.133. The fourth-order valence-corrected chi connectivity index (χ4v) is 1.77. The Morgan fingerprint density at radius 2 is 1.55 bits per heavy atom. The summed E-state index contributed by atoms with van der Waals surface area (Å²) in [4.78, 5) is 13.5. The number of ether oxygens (including phenoxy) is 2. The number of nitrogens with zero attached hydrogens (tertiary/aromatic N) is 3. The molecule has 1 rings (SSSR count). The SMILES string of the molecule is CCOc1ccc(OCC(=O)N(CCC#N)CCC#N)cc1. The van der Waals surface area contributed by atoms with Gasteiger partial charge in [-0.2, -0.15) is 10.5 Å². The summed E-state index contributed by atoms with van der Waals surface area (Å²) in [6.07, 6.45) is 0.473. The molecule has 0 heterocycles. The molecule has 22 heavy (non-hydrogen) atoms. The summed E-state index contributed by atoms with van der Waals surface area (Å²) in [6.45, 7) is 2.99. The normalized spacial score (nSPS) is 9.41. The zero-order chi connectivity index (χ0) is 16.2. The zero-order valence-corrected chi connectivity index (χ0v) is 12.6. The minimum Gasteiger partial charge on any atom is -0.494 e. The predicted molar refractivity (Wildman–Crippen MR) is 80.1 cm³/mol. The van der Waals surface area contributed by atoms with Crippen LogP contribution in [-0.4, -0.2) is 37.1 Å². The van der Waals surface area contributed by atoms with E-state index in [-0.39, 0.29) is 25.4 Å². The van der Waals surface area contributed by atoms with Gasteiger partial charge < -0.3 is 14.4 Å². The molecule has 0 aromatic heterocycles. The molecule has 1 aromatic rings. The average molecular weight is 301 g/mol. The summed E-state index contributed by atoms with van der Waals surface area (Å²) in [5, 5.41) is 17.2. The average Bonchev–Trinajstić information content (AvgIpc) is 2.54. The van der Waals surface area contributed by atoms with E-state index in [0.29, 0.717) is 25.4 Å². The Kier molecular flexibility index (Phi) is 7.92. The molecule has 116 valence electrons. The summed E-state index contributed by atoms with van der Waals surface area (Å²) in [5.41, 5.74) is 0. The molecular formula is C16H19N3O3. The van der Waals surface area contributed by atoms with E-state index in [1.54, 1.807) is 24.3 Å². The van der Waals surface area contributed by atoms with Gasteiger partial charge in [-0.25, -0.2) is 0 Å². The number of benzene rings is 1. The Bertz CT molecular complexity index is 525. The van der Waals surface area contributed by atoms with Crippen molar-refractivity contribution in [3.8, 4) is 23.6 Å². The number of hydrogen-bond donors (Lipinski definition) is 0. The van der Waals surface area contributed by atoms with Crippen molar-refractivity contribution >= 4 is 5.91 Å². The maximum Gasteiger partial charge on any atom is 0.260 e. The van der Waals surface area contributed by atoms with Gasteiger partial charge in [0.05, 0.1) is 31.6 Å². The Labute approximate surface area is 130 Å². The zero-order valence-electron chi connectivity index (χ0n) is 12.6. The van der Waals surface area contributed by atoms with Crippen LogP contribution < -0.4 is 9.47 Å². The third-order valence-electron chi connectivity index (χ3n) is 2.84. The molecule has 1 aromatic carbocycles. The molecule has 0 aliphatic heterocycles. The van der Waals surface area contributed by atoms with Gasteiger partial charge in [-0.3, -0.25) is 4.79 Å². The summed E-state index contributed by atoms with van der Waals surface area (Å²) in [7, 11) is 0. The lowest BCUT2D eigenvalue weighted by Crippen LogP contribution is -2.36. The standard InChI is InChI=1S/C16H19N3O3/c1-2-21-14-5-7-15(8-6-14)22-13-16(20)19(11-3-9-17)12-4-10-18/h5-8H,2-4,11-13H2,1H3. The van der Waals surface area contributed by atoms with Crippen LogP contribution in [0.2, 0.25) is 0 Å². The first-order valence-electron chi connectivity index (χ1n) is 7.08. The maximum absolute atomic E-state index is 12.1. The highest BCUT2D eigenvalue weighted by Gasteiger charge is 2.13. The van der Waals surface area contributed by atoms with E-state index in [4.69, 9.17) is 20.0 Å². The topological polar surface area (TPSA) is 86.3 Å². The van der Waals surface area contributed by atoms with Gasteiger partial charge in [0.25, 0.3) is 5.91 Å². The van der Waals surface area contributed by atoms with E-state index in [1.807, 2.05) is 19.1 Å². The minimum absolute atomic E-state index is 0.120. The van der Waals surface area contributed by atoms with Crippen molar-refractivity contribution in [1.29, 1.82) is 10.5 Å². The Hall–Kier alpha value is -2.73. The lowest BCUT2D eigenvalue weighted by Gasteiger charge is -2.20. The summed E-state index contributed by atoms with van der Waals surface area (Å²) in [5.74, 6) is 1.07. The van der Waals surface area contributed by atoms with Gasteiger partial charge in [0.1, 0.15) is 11.5 Å². The second kappa shape index (κ2) is 10.1. The van der Waals surface area contributed by atoms with E-state index >= 15 is 0 Å². The van der Waals surface area contributed by atoms with Crippen molar-refractivity contribution in [3.63, 3.8) is 0 Å². The molecule has 0 saturated carbocycles. The lowest BCUT2D eigenvalue weighted by atomic mass is 10.3. The van der Waals surface area contributed by atoms with Crippen LogP contribution >= 0.6 is 0 Å². The fourth-order valence-electron chi connectivity index (χ4n) is 1.77. The molecule has 0 aliphatic carbocycles. The van der Waals surface area contributed by atoms with Gasteiger partial charge in [0.2, 0.25) is 0 Å². The first-order valence-corrected chi connectivity index (χ1v) is 7.08. The van der Waals surface area contributed by atoms with Crippen molar-refractivity contribution in [2.75, 3.05) is 26.3 Å². The van der Waals surface area contributed by atoms with Gasteiger partial charge in [-0.1, -0.05) is 0 Å². The quantitative estimate of drug-likeness (QED) is 0.697.